The fourth-order valence-electron chi connectivity index (χ4n) is 1.08. The highest BCUT2D eigenvalue weighted by atomic mass is 31.2. The molecule has 0 aliphatic rings. The van der Waals surface area contributed by atoms with Crippen molar-refractivity contribution in [3.63, 3.8) is 0 Å². The van der Waals surface area contributed by atoms with Gasteiger partial charge in [0.05, 0.1) is 19.8 Å². The first-order chi connectivity index (χ1) is 11.4. The van der Waals surface area contributed by atoms with E-state index in [0.717, 1.165) is 7.11 Å². The summed E-state index contributed by atoms with van der Waals surface area (Å²) in [6, 6.07) is 0. The van der Waals surface area contributed by atoms with E-state index in [9.17, 15) is 44.1 Å². The van der Waals surface area contributed by atoms with Gasteiger partial charge < -0.3 is 14.4 Å². The first-order valence-corrected chi connectivity index (χ1v) is 7.86. The highest BCUT2D eigenvalue weighted by Crippen LogP contribution is 2.48. The van der Waals surface area contributed by atoms with E-state index < -0.39 is 58.2 Å². The van der Waals surface area contributed by atoms with Crippen molar-refractivity contribution in [2.24, 2.45) is 0 Å². The lowest BCUT2D eigenvalue weighted by atomic mass is 10.1. The third kappa shape index (κ3) is 7.19. The van der Waals surface area contributed by atoms with Gasteiger partial charge in [0.15, 0.2) is 6.10 Å². The quantitative estimate of drug-likeness (QED) is 0.323. The molecule has 0 amide bonds. The average Bonchev–Trinajstić information content (AvgIpc) is 2.41. The van der Waals surface area contributed by atoms with Crippen molar-refractivity contribution in [2.45, 2.75) is 37.2 Å². The minimum absolute atomic E-state index is 0.295. The fraction of sp³-hybridized carbons (Fsp3) is 1.00. The Labute approximate surface area is 140 Å². The minimum atomic E-state index is -6.27. The molecule has 26 heavy (non-hydrogen) atoms. The van der Waals surface area contributed by atoms with Gasteiger partial charge in [-0.3, -0.25) is 9.05 Å². The Kier molecular flexibility index (Phi) is 8.41. The van der Waals surface area contributed by atoms with Crippen LogP contribution in [0.25, 0.3) is 0 Å². The molecule has 0 saturated carbocycles. The maximum Gasteiger partial charge on any atom is 0.472 e. The van der Waals surface area contributed by atoms with Crippen LogP contribution < -0.4 is 0 Å². The SMILES string of the molecule is COCCOP(=O)(O)OCC(OC(F)(F)C(C)(F)C(F)(F)F)C(F)(F)F. The number of halogens is 9. The number of hydrogen-bond donors (Lipinski definition) is 1. The molecule has 3 atom stereocenters. The first-order valence-electron chi connectivity index (χ1n) is 6.36. The second kappa shape index (κ2) is 8.61. The molecule has 0 fully saturated rings. The Morgan fingerprint density at radius 2 is 1.46 bits per heavy atom. The largest absolute Gasteiger partial charge is 0.472 e. The average molecular weight is 432 g/mol. The third-order valence-electron chi connectivity index (χ3n) is 2.67. The van der Waals surface area contributed by atoms with Crippen LogP contribution in [0.3, 0.4) is 0 Å². The number of phosphoric acid groups is 1. The molecule has 0 aromatic carbocycles. The topological polar surface area (TPSA) is 74.2 Å². The second-order valence-corrected chi connectivity index (χ2v) is 6.21. The molecule has 1 N–H and O–H groups in total. The van der Waals surface area contributed by atoms with Crippen LogP contribution in [0.15, 0.2) is 0 Å². The molecule has 0 spiro atoms. The van der Waals surface area contributed by atoms with Crippen LogP contribution in [0, 0.1) is 0 Å². The molecule has 0 aromatic rings. The number of rotatable bonds is 10. The van der Waals surface area contributed by atoms with Crippen LogP contribution in [0.2, 0.25) is 0 Å². The van der Waals surface area contributed by atoms with Gasteiger partial charge in [0.1, 0.15) is 0 Å². The summed E-state index contributed by atoms with van der Waals surface area (Å²) in [4.78, 5) is 9.03. The first kappa shape index (κ1) is 25.4. The molecule has 0 saturated heterocycles. The third-order valence-corrected chi connectivity index (χ3v) is 3.65. The van der Waals surface area contributed by atoms with Gasteiger partial charge in [-0.25, -0.2) is 8.96 Å². The lowest BCUT2D eigenvalue weighted by molar-refractivity contribution is -0.409. The van der Waals surface area contributed by atoms with E-state index >= 15 is 0 Å². The van der Waals surface area contributed by atoms with E-state index in [-0.39, 0.29) is 6.61 Å². The molecule has 3 unspecified atom stereocenters. The van der Waals surface area contributed by atoms with Crippen molar-refractivity contribution in [1.82, 2.24) is 0 Å². The van der Waals surface area contributed by atoms with Crippen LogP contribution in [-0.2, 0) is 23.1 Å². The Hall–Kier alpha value is -0.600. The van der Waals surface area contributed by atoms with E-state index in [1.807, 2.05) is 0 Å². The van der Waals surface area contributed by atoms with Crippen LogP contribution >= 0.6 is 7.82 Å². The molecule has 158 valence electrons. The Bertz CT molecular complexity index is 492. The maximum absolute atomic E-state index is 13.3. The van der Waals surface area contributed by atoms with E-state index in [1.54, 1.807) is 0 Å². The van der Waals surface area contributed by atoms with Gasteiger partial charge in [-0.1, -0.05) is 0 Å². The van der Waals surface area contributed by atoms with Gasteiger partial charge in [-0.05, 0) is 6.92 Å². The number of methoxy groups -OCH3 is 1. The van der Waals surface area contributed by atoms with Gasteiger partial charge >= 0.3 is 26.3 Å². The molecule has 0 bridgehead atoms. The van der Waals surface area contributed by atoms with E-state index in [0.29, 0.717) is 0 Å². The normalized spacial score (nSPS) is 19.7. The molecule has 0 aliphatic carbocycles. The van der Waals surface area contributed by atoms with E-state index in [2.05, 4.69) is 18.5 Å². The summed E-state index contributed by atoms with van der Waals surface area (Å²) < 4.78 is 141. The highest BCUT2D eigenvalue weighted by Gasteiger charge is 2.71. The van der Waals surface area contributed by atoms with Crippen LogP contribution in [0.4, 0.5) is 39.5 Å². The fourth-order valence-corrected chi connectivity index (χ4v) is 1.79. The molecule has 0 rings (SSSR count). The molecule has 6 nitrogen and oxygen atoms in total. The summed E-state index contributed by atoms with van der Waals surface area (Å²) >= 11 is 0. The minimum Gasteiger partial charge on any atom is -0.382 e. The Morgan fingerprint density at radius 3 is 1.85 bits per heavy atom. The van der Waals surface area contributed by atoms with E-state index in [4.69, 9.17) is 4.89 Å². The molecule has 0 aliphatic heterocycles. The lowest BCUT2D eigenvalue weighted by Gasteiger charge is -2.34. The zero-order valence-corrected chi connectivity index (χ0v) is 13.9. The number of phosphoric ester groups is 1. The van der Waals surface area contributed by atoms with Crippen molar-refractivity contribution in [2.75, 3.05) is 26.9 Å². The van der Waals surface area contributed by atoms with Gasteiger partial charge in [0, 0.05) is 7.11 Å². The van der Waals surface area contributed by atoms with Gasteiger partial charge in [-0.15, -0.1) is 0 Å². The Morgan fingerprint density at radius 1 is 0.962 bits per heavy atom. The van der Waals surface area contributed by atoms with Gasteiger partial charge in [0.25, 0.3) is 5.67 Å². The lowest BCUT2D eigenvalue weighted by Crippen LogP contribution is -2.57. The van der Waals surface area contributed by atoms with Crippen LogP contribution in [-0.4, -0.2) is 62.1 Å². The molecule has 0 heterocycles. The van der Waals surface area contributed by atoms with Crippen LogP contribution in [0.5, 0.6) is 0 Å². The van der Waals surface area contributed by atoms with Gasteiger partial charge in [0.2, 0.25) is 0 Å². The predicted octanol–water partition coefficient (Wildman–Crippen LogP) is 3.60. The zero-order valence-electron chi connectivity index (χ0n) is 13.0. The number of alkyl halides is 9. The highest BCUT2D eigenvalue weighted by molar-refractivity contribution is 7.47. The summed E-state index contributed by atoms with van der Waals surface area (Å²) in [5.74, 6) is 0. The summed E-state index contributed by atoms with van der Waals surface area (Å²) in [5, 5.41) is 0. The van der Waals surface area contributed by atoms with Crippen LogP contribution in [0.1, 0.15) is 6.92 Å². The summed E-state index contributed by atoms with van der Waals surface area (Å²) in [7, 11) is -4.07. The number of ether oxygens (including phenoxy) is 2. The summed E-state index contributed by atoms with van der Waals surface area (Å²) in [6.45, 7) is -3.84. The summed E-state index contributed by atoms with van der Waals surface area (Å²) in [6.07, 6.45) is -21.9. The van der Waals surface area contributed by atoms with Crippen molar-refractivity contribution in [3.8, 4) is 0 Å². The Balaban J connectivity index is 5.23. The molecule has 0 aromatic heterocycles. The van der Waals surface area contributed by atoms with Crippen molar-refractivity contribution < 1.29 is 67.5 Å². The number of hydrogen-bond acceptors (Lipinski definition) is 5. The maximum atomic E-state index is 13.3. The molecule has 0 radical (unpaired) electrons. The smallest absolute Gasteiger partial charge is 0.382 e. The monoisotopic (exact) mass is 432 g/mol. The van der Waals surface area contributed by atoms with Crippen molar-refractivity contribution in [3.05, 3.63) is 0 Å². The second-order valence-electron chi connectivity index (χ2n) is 4.76. The summed E-state index contributed by atoms with van der Waals surface area (Å²) in [5.41, 5.74) is -5.48. The molecule has 16 heteroatoms. The predicted molar refractivity (Wildman–Crippen MR) is 65.0 cm³/mol. The zero-order chi connectivity index (χ0) is 21.0. The van der Waals surface area contributed by atoms with Crippen molar-refractivity contribution >= 4 is 7.82 Å². The molecular weight excluding hydrogens is 418 g/mol. The van der Waals surface area contributed by atoms with Crippen molar-refractivity contribution in [1.29, 1.82) is 0 Å². The van der Waals surface area contributed by atoms with Gasteiger partial charge in [-0.2, -0.15) is 35.1 Å². The molecular formula is C10H14F9O6P. The standard InChI is InChI=1S/C10H14F9O6P/c1-7(11,9(15,16)17)10(18,19)25-6(8(12,13)14)5-24-26(20,21)23-4-3-22-2/h6H,3-5H2,1-2H3,(H,20,21). The van der Waals surface area contributed by atoms with E-state index in [1.165, 1.54) is 0 Å².